The van der Waals surface area contributed by atoms with Crippen molar-refractivity contribution >= 4 is 41.5 Å². The van der Waals surface area contributed by atoms with Crippen molar-refractivity contribution in [1.29, 1.82) is 0 Å². The van der Waals surface area contributed by atoms with E-state index in [1.807, 2.05) is 5.32 Å². The Balaban J connectivity index is 5.56. The lowest BCUT2D eigenvalue weighted by Gasteiger charge is -2.24. The van der Waals surface area contributed by atoms with Gasteiger partial charge in [-0.15, -0.1) is 0 Å². The summed E-state index contributed by atoms with van der Waals surface area (Å²) in [6.45, 7) is -0.771. The fraction of sp³-hybridized carbons (Fsp3) is 0.588. The van der Waals surface area contributed by atoms with Crippen molar-refractivity contribution in [3.05, 3.63) is 0 Å². The molecule has 4 atom stereocenters. The largest absolute Gasteiger partial charge is 0.481 e. The fourth-order valence-electron chi connectivity index (χ4n) is 2.40. The molecule has 0 aliphatic heterocycles. The molecule has 0 saturated heterocycles. The topological polar surface area (TPSA) is 294 Å². The van der Waals surface area contributed by atoms with Gasteiger partial charge in [-0.2, -0.15) is 0 Å². The molecule has 4 unspecified atom stereocenters. The molecule has 16 heteroatoms. The van der Waals surface area contributed by atoms with Crippen LogP contribution in [0.1, 0.15) is 32.1 Å². The van der Waals surface area contributed by atoms with Crippen molar-refractivity contribution in [2.75, 3.05) is 6.61 Å². The second kappa shape index (κ2) is 14.3. The van der Waals surface area contributed by atoms with Crippen LogP contribution in [0.2, 0.25) is 0 Å². The van der Waals surface area contributed by atoms with E-state index < -0.39 is 97.9 Å². The second-order valence-electron chi connectivity index (χ2n) is 6.92. The number of hydrogen-bond acceptors (Lipinski definition) is 9. The highest BCUT2D eigenvalue weighted by atomic mass is 16.4. The average Bonchev–Trinajstić information content (AvgIpc) is 2.71. The molecule has 16 nitrogen and oxygen atoms in total. The van der Waals surface area contributed by atoms with E-state index in [1.54, 1.807) is 0 Å². The van der Waals surface area contributed by atoms with E-state index >= 15 is 0 Å². The molecule has 0 spiro atoms. The van der Waals surface area contributed by atoms with Crippen molar-refractivity contribution in [3.8, 4) is 0 Å². The van der Waals surface area contributed by atoms with Crippen LogP contribution >= 0.6 is 0 Å². The molecule has 0 rings (SSSR count). The van der Waals surface area contributed by atoms with Gasteiger partial charge in [-0.05, 0) is 12.8 Å². The Morgan fingerprint density at radius 2 is 1.18 bits per heavy atom. The predicted octanol–water partition coefficient (Wildman–Crippen LogP) is -5.15. The number of nitrogens with one attached hydrogen (secondary N) is 3. The van der Waals surface area contributed by atoms with Gasteiger partial charge >= 0.3 is 11.9 Å². The number of rotatable bonds is 16. The molecule has 0 aromatic rings. The summed E-state index contributed by atoms with van der Waals surface area (Å²) in [5.41, 5.74) is 15.4. The number of aliphatic hydroxyl groups excluding tert-OH is 1. The summed E-state index contributed by atoms with van der Waals surface area (Å²) >= 11 is 0. The van der Waals surface area contributed by atoms with E-state index in [2.05, 4.69) is 10.6 Å². The Morgan fingerprint density at radius 1 is 0.697 bits per heavy atom. The van der Waals surface area contributed by atoms with E-state index in [9.17, 15) is 38.7 Å². The Bertz CT molecular complexity index is 773. The highest BCUT2D eigenvalue weighted by Gasteiger charge is 2.31. The van der Waals surface area contributed by atoms with Gasteiger partial charge in [-0.25, -0.2) is 4.79 Å². The van der Waals surface area contributed by atoms with Crippen molar-refractivity contribution in [1.82, 2.24) is 16.0 Å². The SMILES string of the molecule is NC(=O)CCC(NC(=O)C(CC(N)=O)NC(=O)C(N)CO)C(=O)NC(CCC(=O)O)C(=O)O. The van der Waals surface area contributed by atoms with Crippen LogP contribution in [0.5, 0.6) is 0 Å². The molecule has 0 heterocycles. The third-order valence-corrected chi connectivity index (χ3v) is 4.15. The molecule has 186 valence electrons. The first-order valence-electron chi connectivity index (χ1n) is 9.57. The first kappa shape index (κ1) is 29.2. The minimum Gasteiger partial charge on any atom is -0.481 e. The Hall–Kier alpha value is -3.79. The summed E-state index contributed by atoms with van der Waals surface area (Å²) in [7, 11) is 0. The molecule has 12 N–H and O–H groups in total. The van der Waals surface area contributed by atoms with Crippen LogP contribution in [0.15, 0.2) is 0 Å². The van der Waals surface area contributed by atoms with Crippen LogP contribution < -0.4 is 33.2 Å². The zero-order chi connectivity index (χ0) is 25.7. The number of aliphatic hydroxyl groups is 1. The van der Waals surface area contributed by atoms with Gasteiger partial charge in [-0.1, -0.05) is 0 Å². The van der Waals surface area contributed by atoms with Gasteiger partial charge in [0, 0.05) is 12.8 Å². The first-order valence-corrected chi connectivity index (χ1v) is 9.57. The maximum absolute atomic E-state index is 12.6. The number of carboxylic acids is 2. The summed E-state index contributed by atoms with van der Waals surface area (Å²) in [6, 6.07) is -6.20. The van der Waals surface area contributed by atoms with Gasteiger partial charge in [0.1, 0.15) is 24.2 Å². The Kier molecular flexibility index (Phi) is 12.7. The van der Waals surface area contributed by atoms with Crippen LogP contribution in [0.3, 0.4) is 0 Å². The van der Waals surface area contributed by atoms with Gasteiger partial charge < -0.3 is 48.5 Å². The lowest BCUT2D eigenvalue weighted by Crippen LogP contribution is -2.58. The number of amides is 5. The van der Waals surface area contributed by atoms with Gasteiger partial charge in [0.15, 0.2) is 0 Å². The molecule has 0 aromatic heterocycles. The third-order valence-electron chi connectivity index (χ3n) is 4.15. The van der Waals surface area contributed by atoms with E-state index in [0.717, 1.165) is 0 Å². The highest BCUT2D eigenvalue weighted by Crippen LogP contribution is 2.04. The summed E-state index contributed by atoms with van der Waals surface area (Å²) in [6.07, 6.45) is -2.55. The van der Waals surface area contributed by atoms with Gasteiger partial charge in [0.25, 0.3) is 0 Å². The lowest BCUT2D eigenvalue weighted by molar-refractivity contribution is -0.143. The smallest absolute Gasteiger partial charge is 0.326 e. The molecule has 0 bridgehead atoms. The van der Waals surface area contributed by atoms with Crippen molar-refractivity contribution in [2.24, 2.45) is 17.2 Å². The zero-order valence-corrected chi connectivity index (χ0v) is 17.5. The van der Waals surface area contributed by atoms with E-state index in [-0.39, 0.29) is 6.42 Å². The van der Waals surface area contributed by atoms with Crippen LogP contribution in [0.4, 0.5) is 0 Å². The normalized spacial score (nSPS) is 14.1. The van der Waals surface area contributed by atoms with Gasteiger partial charge in [0.05, 0.1) is 13.0 Å². The standard InChI is InChI=1S/C17H28N6O10/c18-7(6-24)14(29)23-10(5-12(20)26)16(31)21-8(1-3-11(19)25)15(30)22-9(17(32)33)2-4-13(27)28/h7-10,24H,1-6,18H2,(H2,19,25)(H2,20,26)(H,21,31)(H,22,30)(H,23,29)(H,27,28)(H,32,33). The van der Waals surface area contributed by atoms with Gasteiger partial charge in [0.2, 0.25) is 29.5 Å². The molecule has 0 aliphatic rings. The molecule has 0 saturated carbocycles. The monoisotopic (exact) mass is 476 g/mol. The summed E-state index contributed by atoms with van der Waals surface area (Å²) in [4.78, 5) is 81.4. The fourth-order valence-corrected chi connectivity index (χ4v) is 2.40. The van der Waals surface area contributed by atoms with E-state index in [1.165, 1.54) is 0 Å². The van der Waals surface area contributed by atoms with E-state index in [0.29, 0.717) is 0 Å². The van der Waals surface area contributed by atoms with Crippen molar-refractivity contribution in [3.63, 3.8) is 0 Å². The molecule has 0 aromatic carbocycles. The highest BCUT2D eigenvalue weighted by molar-refractivity contribution is 5.96. The first-order chi connectivity index (χ1) is 15.3. The second-order valence-corrected chi connectivity index (χ2v) is 6.92. The molecule has 5 amide bonds. The zero-order valence-electron chi connectivity index (χ0n) is 17.5. The average molecular weight is 476 g/mol. The van der Waals surface area contributed by atoms with E-state index in [4.69, 9.17) is 27.4 Å². The predicted molar refractivity (Wildman–Crippen MR) is 108 cm³/mol. The maximum atomic E-state index is 12.6. The third kappa shape index (κ3) is 12.0. The molecular formula is C17H28N6O10. The number of hydrogen-bond donors (Lipinski definition) is 9. The van der Waals surface area contributed by atoms with Crippen LogP contribution in [0.25, 0.3) is 0 Å². The molecule has 0 aliphatic carbocycles. The minimum atomic E-state index is -1.62. The maximum Gasteiger partial charge on any atom is 0.326 e. The van der Waals surface area contributed by atoms with Crippen LogP contribution in [0, 0.1) is 0 Å². The summed E-state index contributed by atoms with van der Waals surface area (Å²) in [5.74, 6) is -7.89. The lowest BCUT2D eigenvalue weighted by atomic mass is 10.1. The Morgan fingerprint density at radius 3 is 1.64 bits per heavy atom. The summed E-state index contributed by atoms with van der Waals surface area (Å²) in [5, 5.41) is 33.1. The number of carboxylic acid groups (broad SMARTS) is 2. The van der Waals surface area contributed by atoms with Crippen molar-refractivity contribution < 1.29 is 48.9 Å². The van der Waals surface area contributed by atoms with Crippen LogP contribution in [-0.2, 0) is 33.6 Å². The van der Waals surface area contributed by atoms with Crippen molar-refractivity contribution in [2.45, 2.75) is 56.3 Å². The molecule has 0 fully saturated rings. The number of aliphatic carboxylic acids is 2. The molecule has 33 heavy (non-hydrogen) atoms. The number of carbonyl (C=O) groups excluding carboxylic acids is 5. The number of primary amides is 2. The Labute approximate surface area is 187 Å². The quantitative estimate of drug-likeness (QED) is 0.101. The molecular weight excluding hydrogens is 448 g/mol. The summed E-state index contributed by atoms with van der Waals surface area (Å²) < 4.78 is 0. The van der Waals surface area contributed by atoms with Gasteiger partial charge in [-0.3, -0.25) is 28.8 Å². The minimum absolute atomic E-state index is 0.383. The number of carbonyl (C=O) groups is 7. The van der Waals surface area contributed by atoms with Crippen LogP contribution in [-0.4, -0.2) is 87.6 Å². The number of nitrogens with two attached hydrogens (primary N) is 3. The molecule has 0 radical (unpaired) electrons.